The van der Waals surface area contributed by atoms with Crippen LogP contribution in [0.4, 0.5) is 8.78 Å². The summed E-state index contributed by atoms with van der Waals surface area (Å²) in [5.74, 6) is -0.249. The van der Waals surface area contributed by atoms with Gasteiger partial charge in [-0.2, -0.15) is 0 Å². The first kappa shape index (κ1) is 16.2. The molecule has 0 saturated carbocycles. The molecule has 2 rings (SSSR count). The molecule has 1 aromatic rings. The molecule has 1 amide bonds. The largest absolute Gasteiger partial charge is 0.395 e. The van der Waals surface area contributed by atoms with Crippen LogP contribution in [0.1, 0.15) is 17.5 Å². The molecule has 116 valence electrons. The number of aryl methyl sites for hydroxylation is 2. The first-order chi connectivity index (χ1) is 10.1. The molecule has 0 aliphatic heterocycles. The van der Waals surface area contributed by atoms with E-state index in [1.54, 1.807) is 0 Å². The van der Waals surface area contributed by atoms with E-state index in [-0.39, 0.29) is 24.8 Å². The number of halogens is 2. The zero-order valence-corrected chi connectivity index (χ0v) is 12.5. The van der Waals surface area contributed by atoms with Gasteiger partial charge in [-0.25, -0.2) is 8.78 Å². The molecule has 1 aliphatic carbocycles. The van der Waals surface area contributed by atoms with Gasteiger partial charge in [-0.15, -0.1) is 11.8 Å². The molecule has 1 aliphatic rings. The van der Waals surface area contributed by atoms with E-state index in [1.165, 1.54) is 29.3 Å². The predicted molar refractivity (Wildman–Crippen MR) is 78.9 cm³/mol. The topological polar surface area (TPSA) is 40.5 Å². The van der Waals surface area contributed by atoms with Crippen LogP contribution in [0, 0.1) is 0 Å². The summed E-state index contributed by atoms with van der Waals surface area (Å²) in [6.45, 7) is -0.972. The van der Waals surface area contributed by atoms with Crippen molar-refractivity contribution in [2.45, 2.75) is 30.6 Å². The first-order valence-electron chi connectivity index (χ1n) is 7.01. The predicted octanol–water partition coefficient (Wildman–Crippen LogP) is 2.35. The SMILES string of the molecule is O=C(CSc1ccc2c(c1)CCC2)N(CCO)CC(F)F. The Kier molecular flexibility index (Phi) is 5.99. The molecule has 0 spiro atoms. The molecular formula is C15H19F2NO2S. The molecule has 0 aromatic heterocycles. The highest BCUT2D eigenvalue weighted by Crippen LogP contribution is 2.27. The number of nitrogens with zero attached hydrogens (tertiary/aromatic N) is 1. The van der Waals surface area contributed by atoms with E-state index in [4.69, 9.17) is 5.11 Å². The number of aliphatic hydroxyl groups excluding tert-OH is 1. The van der Waals surface area contributed by atoms with E-state index < -0.39 is 13.0 Å². The van der Waals surface area contributed by atoms with Crippen molar-refractivity contribution in [2.75, 3.05) is 25.4 Å². The highest BCUT2D eigenvalue weighted by molar-refractivity contribution is 8.00. The van der Waals surface area contributed by atoms with Gasteiger partial charge >= 0.3 is 0 Å². The van der Waals surface area contributed by atoms with Crippen molar-refractivity contribution in [3.8, 4) is 0 Å². The van der Waals surface area contributed by atoms with Gasteiger partial charge in [0.15, 0.2) is 0 Å². The van der Waals surface area contributed by atoms with Crippen LogP contribution in [0.25, 0.3) is 0 Å². The summed E-state index contributed by atoms with van der Waals surface area (Å²) in [6.07, 6.45) is 0.768. The van der Waals surface area contributed by atoms with Crippen LogP contribution in [0.5, 0.6) is 0 Å². The number of benzene rings is 1. The van der Waals surface area contributed by atoms with Gasteiger partial charge in [0.05, 0.1) is 18.9 Å². The fourth-order valence-electron chi connectivity index (χ4n) is 2.48. The lowest BCUT2D eigenvalue weighted by molar-refractivity contribution is -0.130. The van der Waals surface area contributed by atoms with E-state index in [9.17, 15) is 13.6 Å². The van der Waals surface area contributed by atoms with Gasteiger partial charge in [0.2, 0.25) is 5.91 Å². The summed E-state index contributed by atoms with van der Waals surface area (Å²) in [4.78, 5) is 13.9. The molecule has 0 atom stereocenters. The first-order valence-corrected chi connectivity index (χ1v) is 8.00. The molecule has 0 unspecified atom stereocenters. The number of rotatable bonds is 7. The van der Waals surface area contributed by atoms with Gasteiger partial charge in [-0.1, -0.05) is 6.07 Å². The van der Waals surface area contributed by atoms with Gasteiger partial charge in [-0.05, 0) is 42.5 Å². The number of carbonyl (C=O) groups excluding carboxylic acids is 1. The molecule has 0 bridgehead atoms. The van der Waals surface area contributed by atoms with Crippen molar-refractivity contribution in [3.05, 3.63) is 29.3 Å². The number of hydrogen-bond donors (Lipinski definition) is 1. The van der Waals surface area contributed by atoms with E-state index in [0.29, 0.717) is 0 Å². The fraction of sp³-hybridized carbons (Fsp3) is 0.533. The van der Waals surface area contributed by atoms with Crippen molar-refractivity contribution in [3.63, 3.8) is 0 Å². The van der Waals surface area contributed by atoms with E-state index >= 15 is 0 Å². The van der Waals surface area contributed by atoms with Crippen molar-refractivity contribution in [2.24, 2.45) is 0 Å². The molecule has 1 N–H and O–H groups in total. The Morgan fingerprint density at radius 3 is 2.81 bits per heavy atom. The summed E-state index contributed by atoms with van der Waals surface area (Å²) in [5.41, 5.74) is 2.69. The Hall–Kier alpha value is -1.14. The normalized spacial score (nSPS) is 13.5. The third-order valence-electron chi connectivity index (χ3n) is 3.51. The van der Waals surface area contributed by atoms with Gasteiger partial charge in [0, 0.05) is 11.4 Å². The third kappa shape index (κ3) is 4.68. The quantitative estimate of drug-likeness (QED) is 0.785. The summed E-state index contributed by atoms with van der Waals surface area (Å²) >= 11 is 1.36. The zero-order valence-electron chi connectivity index (χ0n) is 11.7. The summed E-state index contributed by atoms with van der Waals surface area (Å²) in [5, 5.41) is 8.84. The monoisotopic (exact) mass is 315 g/mol. The molecule has 0 saturated heterocycles. The van der Waals surface area contributed by atoms with Crippen molar-refractivity contribution < 1.29 is 18.7 Å². The average Bonchev–Trinajstić information content (AvgIpc) is 2.91. The second-order valence-electron chi connectivity index (χ2n) is 5.03. The van der Waals surface area contributed by atoms with Gasteiger partial charge in [-0.3, -0.25) is 4.79 Å². The minimum Gasteiger partial charge on any atom is -0.395 e. The maximum Gasteiger partial charge on any atom is 0.255 e. The summed E-state index contributed by atoms with van der Waals surface area (Å²) in [7, 11) is 0. The third-order valence-corrected chi connectivity index (χ3v) is 4.49. The van der Waals surface area contributed by atoms with E-state index in [0.717, 1.165) is 22.6 Å². The highest BCUT2D eigenvalue weighted by atomic mass is 32.2. The number of hydrogen-bond acceptors (Lipinski definition) is 3. The lowest BCUT2D eigenvalue weighted by Crippen LogP contribution is -2.38. The molecule has 0 heterocycles. The molecule has 0 radical (unpaired) electrons. The van der Waals surface area contributed by atoms with Crippen LogP contribution in [0.2, 0.25) is 0 Å². The fourth-order valence-corrected chi connectivity index (χ4v) is 3.34. The molecule has 1 aromatic carbocycles. The molecular weight excluding hydrogens is 296 g/mol. The summed E-state index contributed by atoms with van der Waals surface area (Å²) in [6, 6.07) is 6.15. The number of carbonyl (C=O) groups is 1. The van der Waals surface area contributed by atoms with E-state index in [1.807, 2.05) is 6.07 Å². The smallest absolute Gasteiger partial charge is 0.255 e. The van der Waals surface area contributed by atoms with Crippen molar-refractivity contribution >= 4 is 17.7 Å². The number of thioether (sulfide) groups is 1. The minimum absolute atomic E-state index is 0.0477. The zero-order chi connectivity index (χ0) is 15.2. The number of aliphatic hydroxyl groups is 1. The maximum atomic E-state index is 12.4. The molecule has 3 nitrogen and oxygen atoms in total. The van der Waals surface area contributed by atoms with Crippen molar-refractivity contribution in [1.82, 2.24) is 4.90 Å². The standard InChI is InChI=1S/C15H19F2NO2S/c16-14(17)9-18(6-7-19)15(20)10-21-13-5-4-11-2-1-3-12(11)8-13/h4-5,8,14,19H,1-3,6-7,9-10H2. The Balaban J connectivity index is 1.90. The number of fused-ring (bicyclic) bond motifs is 1. The van der Waals surface area contributed by atoms with Crippen LogP contribution in [-0.2, 0) is 17.6 Å². The Morgan fingerprint density at radius 1 is 1.33 bits per heavy atom. The van der Waals surface area contributed by atoms with Crippen LogP contribution < -0.4 is 0 Å². The molecule has 0 fully saturated rings. The van der Waals surface area contributed by atoms with Gasteiger partial charge in [0.1, 0.15) is 0 Å². The van der Waals surface area contributed by atoms with E-state index in [2.05, 4.69) is 12.1 Å². The lowest BCUT2D eigenvalue weighted by Gasteiger charge is -2.21. The number of alkyl halides is 2. The maximum absolute atomic E-state index is 12.4. The average molecular weight is 315 g/mol. The van der Waals surface area contributed by atoms with Gasteiger partial charge < -0.3 is 10.0 Å². The van der Waals surface area contributed by atoms with Crippen LogP contribution in [0.3, 0.4) is 0 Å². The van der Waals surface area contributed by atoms with Gasteiger partial charge in [0.25, 0.3) is 6.43 Å². The minimum atomic E-state index is -2.58. The number of amides is 1. The Morgan fingerprint density at radius 2 is 2.10 bits per heavy atom. The molecule has 6 heteroatoms. The van der Waals surface area contributed by atoms with Crippen LogP contribution >= 0.6 is 11.8 Å². The Labute approximate surface area is 127 Å². The molecule has 21 heavy (non-hydrogen) atoms. The van der Waals surface area contributed by atoms with Crippen molar-refractivity contribution in [1.29, 1.82) is 0 Å². The lowest BCUT2D eigenvalue weighted by atomic mass is 10.1. The second kappa shape index (κ2) is 7.75. The second-order valence-corrected chi connectivity index (χ2v) is 6.08. The Bertz CT molecular complexity index is 497. The highest BCUT2D eigenvalue weighted by Gasteiger charge is 2.18. The summed E-state index contributed by atoms with van der Waals surface area (Å²) < 4.78 is 24.8. The van der Waals surface area contributed by atoms with Crippen LogP contribution in [-0.4, -0.2) is 47.8 Å². The van der Waals surface area contributed by atoms with Crippen LogP contribution in [0.15, 0.2) is 23.1 Å².